The van der Waals surface area contributed by atoms with Gasteiger partial charge in [-0.15, -0.1) is 0 Å². The summed E-state index contributed by atoms with van der Waals surface area (Å²) in [5.41, 5.74) is 2.58. The second-order valence-electron chi connectivity index (χ2n) is 9.03. The molecule has 31 heavy (non-hydrogen) atoms. The SMILES string of the molecule is Cc1ncc(C2=CCC3C(=C2)N(c2cccc(C(=O)NC4CC4)n2)C(=O)C3(C)C)cn1. The summed E-state index contributed by atoms with van der Waals surface area (Å²) in [6.45, 7) is 5.81. The van der Waals surface area contributed by atoms with E-state index in [9.17, 15) is 9.59 Å². The van der Waals surface area contributed by atoms with Crippen molar-refractivity contribution in [2.75, 3.05) is 4.90 Å². The van der Waals surface area contributed by atoms with Crippen LogP contribution in [0.5, 0.6) is 0 Å². The molecule has 1 saturated heterocycles. The molecule has 0 bridgehead atoms. The molecule has 0 spiro atoms. The molecule has 2 amide bonds. The fraction of sp³-hybridized carbons (Fsp3) is 0.375. The third kappa shape index (κ3) is 3.44. The van der Waals surface area contributed by atoms with E-state index in [1.54, 1.807) is 35.5 Å². The molecule has 3 heterocycles. The molecule has 1 aliphatic heterocycles. The molecule has 1 unspecified atom stereocenters. The number of nitrogens with one attached hydrogen (secondary N) is 1. The summed E-state index contributed by atoms with van der Waals surface area (Å²) in [7, 11) is 0. The molecular weight excluding hydrogens is 390 g/mol. The van der Waals surface area contributed by atoms with Crippen LogP contribution in [0.3, 0.4) is 0 Å². The van der Waals surface area contributed by atoms with Crippen LogP contribution in [0.2, 0.25) is 0 Å². The van der Waals surface area contributed by atoms with Crippen molar-refractivity contribution in [3.63, 3.8) is 0 Å². The quantitative estimate of drug-likeness (QED) is 0.827. The number of anilines is 1. The highest BCUT2D eigenvalue weighted by molar-refractivity contribution is 6.04. The maximum absolute atomic E-state index is 13.4. The summed E-state index contributed by atoms with van der Waals surface area (Å²) in [5, 5.41) is 2.96. The molecule has 3 aliphatic rings. The summed E-state index contributed by atoms with van der Waals surface area (Å²) in [6.07, 6.45) is 10.6. The van der Waals surface area contributed by atoms with Crippen molar-refractivity contribution in [3.05, 3.63) is 65.5 Å². The Morgan fingerprint density at radius 3 is 2.65 bits per heavy atom. The zero-order chi connectivity index (χ0) is 21.8. The molecule has 5 rings (SSSR count). The van der Waals surface area contributed by atoms with Gasteiger partial charge in [0, 0.05) is 35.6 Å². The van der Waals surface area contributed by atoms with Crippen LogP contribution in [0.25, 0.3) is 5.57 Å². The second-order valence-corrected chi connectivity index (χ2v) is 9.03. The molecular formula is C24H25N5O2. The lowest BCUT2D eigenvalue weighted by Gasteiger charge is -2.25. The van der Waals surface area contributed by atoms with Crippen molar-refractivity contribution in [2.24, 2.45) is 11.3 Å². The van der Waals surface area contributed by atoms with Gasteiger partial charge in [0.15, 0.2) is 0 Å². The normalized spacial score (nSPS) is 22.0. The molecule has 2 aliphatic carbocycles. The number of aromatic nitrogens is 3. The van der Waals surface area contributed by atoms with E-state index >= 15 is 0 Å². The van der Waals surface area contributed by atoms with Crippen molar-refractivity contribution in [1.29, 1.82) is 0 Å². The van der Waals surface area contributed by atoms with Gasteiger partial charge in [-0.2, -0.15) is 0 Å². The third-order valence-electron chi connectivity index (χ3n) is 6.34. The fourth-order valence-corrected chi connectivity index (χ4v) is 4.26. The van der Waals surface area contributed by atoms with E-state index in [4.69, 9.17) is 0 Å². The molecule has 2 fully saturated rings. The predicted molar refractivity (Wildman–Crippen MR) is 117 cm³/mol. The molecule has 2 aromatic rings. The number of hydrogen-bond acceptors (Lipinski definition) is 5. The minimum Gasteiger partial charge on any atom is -0.348 e. The van der Waals surface area contributed by atoms with Crippen LogP contribution in [0.15, 0.2) is 48.4 Å². The minimum atomic E-state index is -0.564. The summed E-state index contributed by atoms with van der Waals surface area (Å²) in [6, 6.07) is 5.51. The summed E-state index contributed by atoms with van der Waals surface area (Å²) < 4.78 is 0. The lowest BCUT2D eigenvalue weighted by molar-refractivity contribution is -0.125. The van der Waals surface area contributed by atoms with Crippen LogP contribution >= 0.6 is 0 Å². The van der Waals surface area contributed by atoms with Crippen LogP contribution in [-0.2, 0) is 4.79 Å². The van der Waals surface area contributed by atoms with Gasteiger partial charge in [-0.1, -0.05) is 26.0 Å². The Morgan fingerprint density at radius 1 is 1.19 bits per heavy atom. The van der Waals surface area contributed by atoms with Crippen LogP contribution in [0.4, 0.5) is 5.82 Å². The van der Waals surface area contributed by atoms with Crippen molar-refractivity contribution < 1.29 is 9.59 Å². The molecule has 7 heteroatoms. The first-order valence-electron chi connectivity index (χ1n) is 10.7. The number of aryl methyl sites for hydroxylation is 1. The Hall–Kier alpha value is -3.35. The first-order valence-corrected chi connectivity index (χ1v) is 10.7. The van der Waals surface area contributed by atoms with E-state index in [1.165, 1.54) is 0 Å². The lowest BCUT2D eigenvalue weighted by atomic mass is 9.75. The number of amides is 2. The number of pyridine rings is 1. The van der Waals surface area contributed by atoms with Gasteiger partial charge in [0.05, 0.1) is 5.41 Å². The van der Waals surface area contributed by atoms with Gasteiger partial charge in [-0.05, 0) is 50.0 Å². The summed E-state index contributed by atoms with van der Waals surface area (Å²) in [4.78, 5) is 40.8. The van der Waals surface area contributed by atoms with Crippen LogP contribution in [0.1, 0.15) is 55.0 Å². The van der Waals surface area contributed by atoms with Gasteiger partial charge in [0.1, 0.15) is 17.3 Å². The van der Waals surface area contributed by atoms with Crippen molar-refractivity contribution in [1.82, 2.24) is 20.3 Å². The van der Waals surface area contributed by atoms with Crippen molar-refractivity contribution in [3.8, 4) is 0 Å². The van der Waals surface area contributed by atoms with E-state index in [1.807, 2.05) is 26.8 Å². The molecule has 158 valence electrons. The van der Waals surface area contributed by atoms with Gasteiger partial charge < -0.3 is 5.32 Å². The van der Waals surface area contributed by atoms with Crippen LogP contribution in [0, 0.1) is 18.3 Å². The highest BCUT2D eigenvalue weighted by Gasteiger charge is 2.51. The molecule has 2 aromatic heterocycles. The topological polar surface area (TPSA) is 88.1 Å². The molecule has 0 radical (unpaired) electrons. The highest BCUT2D eigenvalue weighted by Crippen LogP contribution is 2.50. The largest absolute Gasteiger partial charge is 0.348 e. The summed E-state index contributed by atoms with van der Waals surface area (Å²) >= 11 is 0. The number of fused-ring (bicyclic) bond motifs is 1. The van der Waals surface area contributed by atoms with Crippen LogP contribution < -0.4 is 10.2 Å². The Balaban J connectivity index is 1.53. The van der Waals surface area contributed by atoms with Gasteiger partial charge in [-0.25, -0.2) is 15.0 Å². The number of rotatable bonds is 4. The first kappa shape index (κ1) is 19.6. The molecule has 0 aromatic carbocycles. The monoisotopic (exact) mass is 415 g/mol. The molecule has 1 N–H and O–H groups in total. The van der Waals surface area contributed by atoms with Gasteiger partial charge in [-0.3, -0.25) is 14.5 Å². The molecule has 1 saturated carbocycles. The number of hydrogen-bond donors (Lipinski definition) is 1. The standard InChI is InChI=1S/C24H25N5O2/c1-14-25-12-16(13-26-14)15-7-10-18-20(11-15)29(23(31)24(18,2)3)21-6-4-5-19(28-21)22(30)27-17-8-9-17/h4-7,11-13,17-18H,8-10H2,1-3H3,(H,27,30). The van der Waals surface area contributed by atoms with E-state index in [0.29, 0.717) is 11.5 Å². The van der Waals surface area contributed by atoms with E-state index < -0.39 is 5.41 Å². The predicted octanol–water partition coefficient (Wildman–Crippen LogP) is 3.43. The maximum atomic E-state index is 13.4. The highest BCUT2D eigenvalue weighted by atomic mass is 16.2. The van der Waals surface area contributed by atoms with E-state index in [2.05, 4.69) is 26.3 Å². The fourth-order valence-electron chi connectivity index (χ4n) is 4.26. The summed E-state index contributed by atoms with van der Waals surface area (Å²) in [5.74, 6) is 1.04. The lowest BCUT2D eigenvalue weighted by Crippen LogP contribution is -2.32. The average Bonchev–Trinajstić information content (AvgIpc) is 3.55. The van der Waals surface area contributed by atoms with E-state index in [0.717, 1.165) is 41.9 Å². The smallest absolute Gasteiger partial charge is 0.270 e. The van der Waals surface area contributed by atoms with Crippen molar-refractivity contribution in [2.45, 2.75) is 46.1 Å². The Bertz CT molecular complexity index is 1130. The third-order valence-corrected chi connectivity index (χ3v) is 6.34. The van der Waals surface area contributed by atoms with Gasteiger partial charge in [0.2, 0.25) is 5.91 Å². The Morgan fingerprint density at radius 2 is 1.94 bits per heavy atom. The zero-order valence-corrected chi connectivity index (χ0v) is 17.9. The maximum Gasteiger partial charge on any atom is 0.270 e. The molecule has 1 atom stereocenters. The number of nitrogens with zero attached hydrogens (tertiary/aromatic N) is 4. The van der Waals surface area contributed by atoms with Gasteiger partial charge >= 0.3 is 0 Å². The number of carbonyl (C=O) groups excluding carboxylic acids is 2. The Kier molecular flexibility index (Phi) is 4.50. The Labute approximate surface area is 181 Å². The van der Waals surface area contributed by atoms with E-state index in [-0.39, 0.29) is 23.8 Å². The number of carbonyl (C=O) groups is 2. The second kappa shape index (κ2) is 7.11. The van der Waals surface area contributed by atoms with Crippen LogP contribution in [-0.4, -0.2) is 32.8 Å². The minimum absolute atomic E-state index is 0.00851. The first-order chi connectivity index (χ1) is 14.8. The van der Waals surface area contributed by atoms with Crippen molar-refractivity contribution >= 4 is 23.2 Å². The van der Waals surface area contributed by atoms with Gasteiger partial charge in [0.25, 0.3) is 5.91 Å². The average molecular weight is 415 g/mol. The molecule has 7 nitrogen and oxygen atoms in total. The zero-order valence-electron chi connectivity index (χ0n) is 17.9. The number of allylic oxidation sites excluding steroid dienone is 4.